The lowest BCUT2D eigenvalue weighted by molar-refractivity contribution is 0.0938. The Balaban J connectivity index is 2.65. The molecule has 0 heterocycles. The lowest BCUT2D eigenvalue weighted by atomic mass is 9.86. The summed E-state index contributed by atoms with van der Waals surface area (Å²) in [4.78, 5) is 22.7. The lowest BCUT2D eigenvalue weighted by Gasteiger charge is -2.30. The molecule has 0 aliphatic heterocycles. The number of hydrogen-bond donors (Lipinski definition) is 4. The minimum Gasteiger partial charge on any atom is -0.465 e. The number of nitrogens with one attached hydrogen (secondary N) is 2. The number of nitrogens with two attached hydrogens (primary N) is 1. The van der Waals surface area contributed by atoms with E-state index in [9.17, 15) is 9.59 Å². The summed E-state index contributed by atoms with van der Waals surface area (Å²) >= 11 is 0. The maximum atomic E-state index is 11.9. The molecule has 1 rings (SSSR count). The Morgan fingerprint density at radius 3 is 2.25 bits per heavy atom. The molecule has 6 heteroatoms. The van der Waals surface area contributed by atoms with Crippen molar-refractivity contribution in [3.8, 4) is 0 Å². The Labute approximate surface area is 118 Å². The molecule has 1 atom stereocenters. The Morgan fingerprint density at radius 1 is 1.25 bits per heavy atom. The first-order chi connectivity index (χ1) is 9.20. The first-order valence-corrected chi connectivity index (χ1v) is 6.33. The molecule has 0 aliphatic carbocycles. The zero-order valence-electron chi connectivity index (χ0n) is 11.9. The van der Waals surface area contributed by atoms with Gasteiger partial charge in [-0.05, 0) is 29.7 Å². The largest absolute Gasteiger partial charge is 0.465 e. The second-order valence-corrected chi connectivity index (χ2v) is 5.70. The predicted octanol–water partition coefficient (Wildman–Crippen LogP) is 1.68. The second kappa shape index (κ2) is 6.27. The van der Waals surface area contributed by atoms with Gasteiger partial charge in [0.05, 0.1) is 6.04 Å². The van der Waals surface area contributed by atoms with Crippen LogP contribution in [0.4, 0.5) is 10.5 Å². The highest BCUT2D eigenvalue weighted by Crippen LogP contribution is 2.18. The van der Waals surface area contributed by atoms with Crippen molar-refractivity contribution in [2.45, 2.75) is 26.8 Å². The van der Waals surface area contributed by atoms with E-state index in [-0.39, 0.29) is 23.9 Å². The Morgan fingerprint density at radius 2 is 1.80 bits per heavy atom. The minimum atomic E-state index is -1.10. The van der Waals surface area contributed by atoms with E-state index in [2.05, 4.69) is 10.6 Å². The summed E-state index contributed by atoms with van der Waals surface area (Å²) in [6.07, 6.45) is -1.10. The van der Waals surface area contributed by atoms with Gasteiger partial charge >= 0.3 is 6.09 Å². The molecule has 1 aromatic carbocycles. The van der Waals surface area contributed by atoms with Crippen LogP contribution in [-0.4, -0.2) is 29.7 Å². The van der Waals surface area contributed by atoms with Gasteiger partial charge in [-0.15, -0.1) is 0 Å². The fourth-order valence-corrected chi connectivity index (χ4v) is 1.65. The molecular formula is C14H21N3O3. The van der Waals surface area contributed by atoms with Gasteiger partial charge in [0.1, 0.15) is 0 Å². The number of hydrogen-bond acceptors (Lipinski definition) is 3. The maximum absolute atomic E-state index is 11.9. The zero-order valence-corrected chi connectivity index (χ0v) is 11.9. The molecule has 2 amide bonds. The number of carbonyl (C=O) groups is 2. The first kappa shape index (κ1) is 15.8. The molecule has 0 aromatic heterocycles. The number of anilines is 1. The number of carbonyl (C=O) groups excluding carboxylic acids is 1. The van der Waals surface area contributed by atoms with E-state index in [0.717, 1.165) is 0 Å². The van der Waals surface area contributed by atoms with Gasteiger partial charge in [-0.1, -0.05) is 20.8 Å². The van der Waals surface area contributed by atoms with Crippen LogP contribution in [0.1, 0.15) is 31.1 Å². The number of carboxylic acid groups (broad SMARTS) is 1. The average molecular weight is 279 g/mol. The van der Waals surface area contributed by atoms with E-state index in [4.69, 9.17) is 10.8 Å². The zero-order chi connectivity index (χ0) is 15.3. The van der Waals surface area contributed by atoms with Gasteiger partial charge in [0.2, 0.25) is 0 Å². The smallest absolute Gasteiger partial charge is 0.404 e. The van der Waals surface area contributed by atoms with Gasteiger partial charge in [-0.25, -0.2) is 4.79 Å². The van der Waals surface area contributed by atoms with Crippen molar-refractivity contribution in [2.75, 3.05) is 12.3 Å². The Kier molecular flexibility index (Phi) is 4.96. The minimum absolute atomic E-state index is 0.221. The summed E-state index contributed by atoms with van der Waals surface area (Å²) in [6, 6.07) is 6.16. The topological polar surface area (TPSA) is 104 Å². The fraction of sp³-hybridized carbons (Fsp3) is 0.429. The van der Waals surface area contributed by atoms with Gasteiger partial charge in [0.25, 0.3) is 5.91 Å². The van der Waals surface area contributed by atoms with Crippen LogP contribution < -0.4 is 16.4 Å². The van der Waals surface area contributed by atoms with Crippen molar-refractivity contribution < 1.29 is 14.7 Å². The van der Waals surface area contributed by atoms with Crippen molar-refractivity contribution in [1.82, 2.24) is 10.6 Å². The number of benzene rings is 1. The van der Waals surface area contributed by atoms with Crippen LogP contribution in [0.25, 0.3) is 0 Å². The highest BCUT2D eigenvalue weighted by atomic mass is 16.4. The molecule has 110 valence electrons. The van der Waals surface area contributed by atoms with Crippen LogP contribution in [0, 0.1) is 5.41 Å². The molecule has 5 N–H and O–H groups in total. The van der Waals surface area contributed by atoms with Crippen LogP contribution in [-0.2, 0) is 0 Å². The van der Waals surface area contributed by atoms with Crippen molar-refractivity contribution in [3.63, 3.8) is 0 Å². The first-order valence-electron chi connectivity index (χ1n) is 6.33. The van der Waals surface area contributed by atoms with Gasteiger partial charge in [-0.3, -0.25) is 4.79 Å². The van der Waals surface area contributed by atoms with Crippen LogP contribution in [0.15, 0.2) is 24.3 Å². The van der Waals surface area contributed by atoms with Crippen LogP contribution in [0.5, 0.6) is 0 Å². The fourth-order valence-electron chi connectivity index (χ4n) is 1.65. The van der Waals surface area contributed by atoms with E-state index < -0.39 is 6.09 Å². The lowest BCUT2D eigenvalue weighted by Crippen LogP contribution is -2.50. The molecule has 0 bridgehead atoms. The second-order valence-electron chi connectivity index (χ2n) is 5.70. The summed E-state index contributed by atoms with van der Waals surface area (Å²) < 4.78 is 0. The molecule has 0 saturated carbocycles. The third-order valence-corrected chi connectivity index (χ3v) is 2.98. The van der Waals surface area contributed by atoms with Crippen molar-refractivity contribution in [2.24, 2.45) is 5.41 Å². The average Bonchev–Trinajstić information content (AvgIpc) is 2.33. The molecule has 0 saturated heterocycles. The SMILES string of the molecule is CC(C)(C)C(CNC(=O)c1ccc(N)cc1)NC(=O)O. The standard InChI is InChI=1S/C14H21N3O3/c1-14(2,3)11(17-13(19)20)8-16-12(18)9-4-6-10(15)7-5-9/h4-7,11,17H,8,15H2,1-3H3,(H,16,18)(H,19,20). The van der Waals surface area contributed by atoms with Crippen LogP contribution in [0.2, 0.25) is 0 Å². The molecule has 20 heavy (non-hydrogen) atoms. The molecule has 1 unspecified atom stereocenters. The van der Waals surface area contributed by atoms with Crippen molar-refractivity contribution >= 4 is 17.7 Å². The van der Waals surface area contributed by atoms with Gasteiger partial charge in [-0.2, -0.15) is 0 Å². The molecule has 1 aromatic rings. The number of nitrogen functional groups attached to an aromatic ring is 1. The highest BCUT2D eigenvalue weighted by Gasteiger charge is 2.26. The summed E-state index contributed by atoms with van der Waals surface area (Å²) in [5, 5.41) is 14.0. The molecule has 0 fully saturated rings. The van der Waals surface area contributed by atoms with Crippen LogP contribution in [0.3, 0.4) is 0 Å². The van der Waals surface area contributed by atoms with E-state index in [0.29, 0.717) is 11.3 Å². The monoisotopic (exact) mass is 279 g/mol. The summed E-state index contributed by atoms with van der Waals surface area (Å²) in [6.45, 7) is 5.94. The van der Waals surface area contributed by atoms with Crippen LogP contribution >= 0.6 is 0 Å². The maximum Gasteiger partial charge on any atom is 0.404 e. The Bertz CT molecular complexity index is 477. The third kappa shape index (κ3) is 4.79. The van der Waals surface area contributed by atoms with Crippen molar-refractivity contribution in [1.29, 1.82) is 0 Å². The number of amides is 2. The van der Waals surface area contributed by atoms with E-state index >= 15 is 0 Å². The number of rotatable bonds is 4. The van der Waals surface area contributed by atoms with E-state index in [1.54, 1.807) is 24.3 Å². The van der Waals surface area contributed by atoms with Gasteiger partial charge < -0.3 is 21.5 Å². The highest BCUT2D eigenvalue weighted by molar-refractivity contribution is 5.94. The molecule has 0 radical (unpaired) electrons. The molecule has 0 aliphatic rings. The molecular weight excluding hydrogens is 258 g/mol. The summed E-state index contributed by atoms with van der Waals surface area (Å²) in [5.41, 5.74) is 6.33. The third-order valence-electron chi connectivity index (χ3n) is 2.98. The predicted molar refractivity (Wildman–Crippen MR) is 77.6 cm³/mol. The summed E-state index contributed by atoms with van der Waals surface area (Å²) in [5.74, 6) is -0.258. The van der Waals surface area contributed by atoms with Crippen molar-refractivity contribution in [3.05, 3.63) is 29.8 Å². The van der Waals surface area contributed by atoms with E-state index in [1.807, 2.05) is 20.8 Å². The molecule has 6 nitrogen and oxygen atoms in total. The van der Waals surface area contributed by atoms with Gasteiger partial charge in [0.15, 0.2) is 0 Å². The van der Waals surface area contributed by atoms with E-state index in [1.165, 1.54) is 0 Å². The summed E-state index contributed by atoms with van der Waals surface area (Å²) in [7, 11) is 0. The quantitative estimate of drug-likeness (QED) is 0.629. The normalized spacial score (nSPS) is 12.6. The van der Waals surface area contributed by atoms with Gasteiger partial charge in [0, 0.05) is 17.8 Å². The molecule has 0 spiro atoms. The Hall–Kier alpha value is -2.24.